The molecular weight excluding hydrogens is 624 g/mol. The van der Waals surface area contributed by atoms with E-state index in [0.29, 0.717) is 89.3 Å². The van der Waals surface area contributed by atoms with Crippen molar-refractivity contribution < 1.29 is 33.3 Å². The lowest BCUT2D eigenvalue weighted by Crippen LogP contribution is -2.28. The standard InChI is InChI=1S/C34H36N4O8S/c1-3-30(32(40)36-23-9-6-7-10-25(23)42-2)47-34-37-24-17-29-28(45-20-46-29)16-22(24)33(41)38(34)14-8-4-5-11-31(39)35-18-21-12-13-26-27(15-21)44-19-43-26/h6-7,9-10,12-13,15-17,30H,3-5,8,11,14,18-20H2,1-2H3,(H,35,39)(H,36,40). The average molecular weight is 661 g/mol. The molecule has 4 aromatic rings. The van der Waals surface area contributed by atoms with Gasteiger partial charge in [-0.05, 0) is 55.2 Å². The van der Waals surface area contributed by atoms with Crippen LogP contribution in [-0.2, 0) is 22.7 Å². The number of methoxy groups -OCH3 is 1. The molecule has 13 heteroatoms. The predicted molar refractivity (Wildman–Crippen MR) is 177 cm³/mol. The van der Waals surface area contributed by atoms with E-state index in [2.05, 4.69) is 10.6 Å². The molecule has 0 saturated heterocycles. The molecule has 0 radical (unpaired) electrons. The van der Waals surface area contributed by atoms with Crippen molar-refractivity contribution in [3.63, 3.8) is 0 Å². The monoisotopic (exact) mass is 660 g/mol. The third-order valence-corrected chi connectivity index (χ3v) is 9.26. The van der Waals surface area contributed by atoms with E-state index in [0.717, 1.165) is 12.0 Å². The highest BCUT2D eigenvalue weighted by molar-refractivity contribution is 8.00. The highest BCUT2D eigenvalue weighted by atomic mass is 32.2. The van der Waals surface area contributed by atoms with E-state index < -0.39 is 5.25 Å². The lowest BCUT2D eigenvalue weighted by atomic mass is 10.1. The summed E-state index contributed by atoms with van der Waals surface area (Å²) in [5.41, 5.74) is 1.74. The fourth-order valence-corrected chi connectivity index (χ4v) is 6.40. The van der Waals surface area contributed by atoms with Crippen molar-refractivity contribution in [2.24, 2.45) is 0 Å². The molecule has 2 aliphatic rings. The molecule has 1 atom stereocenters. The van der Waals surface area contributed by atoms with Crippen LogP contribution in [0.2, 0.25) is 0 Å². The van der Waals surface area contributed by atoms with Crippen LogP contribution in [0.3, 0.4) is 0 Å². The third-order valence-electron chi connectivity index (χ3n) is 7.90. The Labute approximate surface area is 275 Å². The molecule has 0 saturated carbocycles. The highest BCUT2D eigenvalue weighted by Gasteiger charge is 2.24. The normalized spacial score (nSPS) is 13.4. The van der Waals surface area contributed by atoms with Gasteiger partial charge in [-0.1, -0.05) is 43.3 Å². The summed E-state index contributed by atoms with van der Waals surface area (Å²) in [6, 6.07) is 16.2. The molecule has 0 fully saturated rings. The first-order valence-corrected chi connectivity index (χ1v) is 16.4. The SMILES string of the molecule is CCC(Sc1nc2cc3c(cc2c(=O)n1CCCCCC(=O)NCc1ccc2c(c1)OCO2)OCO3)C(=O)Nc1ccccc1OC. The van der Waals surface area contributed by atoms with Crippen molar-refractivity contribution in [2.45, 2.75) is 62.5 Å². The molecule has 12 nitrogen and oxygen atoms in total. The number of rotatable bonds is 14. The van der Waals surface area contributed by atoms with Crippen LogP contribution >= 0.6 is 11.8 Å². The molecule has 0 aliphatic carbocycles. The second kappa shape index (κ2) is 14.7. The Morgan fingerprint density at radius 3 is 2.49 bits per heavy atom. The summed E-state index contributed by atoms with van der Waals surface area (Å²) in [4.78, 5) is 44.6. The number of aromatic nitrogens is 2. The van der Waals surface area contributed by atoms with Crippen LogP contribution < -0.4 is 39.9 Å². The Kier molecular flexibility index (Phi) is 10.0. The first-order chi connectivity index (χ1) is 22.9. The van der Waals surface area contributed by atoms with Gasteiger partial charge in [0.1, 0.15) is 5.75 Å². The second-order valence-corrected chi connectivity index (χ2v) is 12.2. The minimum Gasteiger partial charge on any atom is -0.495 e. The number of amides is 2. The van der Waals surface area contributed by atoms with Crippen LogP contribution in [0.25, 0.3) is 10.9 Å². The maximum atomic E-state index is 13.8. The third kappa shape index (κ3) is 7.40. The number of para-hydroxylation sites is 2. The summed E-state index contributed by atoms with van der Waals surface area (Å²) >= 11 is 1.24. The highest BCUT2D eigenvalue weighted by Crippen LogP contribution is 2.36. The first kappa shape index (κ1) is 32.0. The lowest BCUT2D eigenvalue weighted by molar-refractivity contribution is -0.121. The molecular formula is C34H36N4O8S. The van der Waals surface area contributed by atoms with E-state index in [-0.39, 0.29) is 31.0 Å². The topological polar surface area (TPSA) is 139 Å². The Morgan fingerprint density at radius 2 is 1.70 bits per heavy atom. The predicted octanol–water partition coefficient (Wildman–Crippen LogP) is 5.25. The fourth-order valence-electron chi connectivity index (χ4n) is 5.36. The second-order valence-electron chi connectivity index (χ2n) is 11.1. The molecule has 3 heterocycles. The number of unbranched alkanes of at least 4 members (excludes halogenated alkanes) is 2. The minimum absolute atomic E-state index is 0.0497. The van der Waals surface area contributed by atoms with E-state index in [1.165, 1.54) is 11.8 Å². The fraction of sp³-hybridized carbons (Fsp3) is 0.353. The van der Waals surface area contributed by atoms with Gasteiger partial charge >= 0.3 is 0 Å². The van der Waals surface area contributed by atoms with Crippen LogP contribution in [0, 0.1) is 0 Å². The largest absolute Gasteiger partial charge is 0.495 e. The minimum atomic E-state index is -0.530. The van der Waals surface area contributed by atoms with Crippen molar-refractivity contribution in [3.05, 3.63) is 70.5 Å². The molecule has 2 N–H and O–H groups in total. The molecule has 6 rings (SSSR count). The average Bonchev–Trinajstić information content (AvgIpc) is 3.75. The van der Waals surface area contributed by atoms with Gasteiger partial charge in [0.15, 0.2) is 28.2 Å². The van der Waals surface area contributed by atoms with Gasteiger partial charge in [0.05, 0.1) is 29.0 Å². The zero-order valence-electron chi connectivity index (χ0n) is 26.2. The number of anilines is 1. The lowest BCUT2D eigenvalue weighted by Gasteiger charge is -2.19. The Balaban J connectivity index is 1.11. The van der Waals surface area contributed by atoms with Gasteiger partial charge in [-0.2, -0.15) is 0 Å². The van der Waals surface area contributed by atoms with Gasteiger partial charge in [0.25, 0.3) is 5.56 Å². The van der Waals surface area contributed by atoms with Crippen molar-refractivity contribution in [3.8, 4) is 28.7 Å². The quantitative estimate of drug-likeness (QED) is 0.105. The van der Waals surface area contributed by atoms with Crippen LogP contribution in [0.4, 0.5) is 5.69 Å². The number of nitrogens with one attached hydrogen (secondary N) is 2. The summed E-state index contributed by atoms with van der Waals surface area (Å²) in [6.07, 6.45) is 2.88. The molecule has 47 heavy (non-hydrogen) atoms. The van der Waals surface area contributed by atoms with Gasteiger partial charge in [-0.25, -0.2) is 4.98 Å². The summed E-state index contributed by atoms with van der Waals surface area (Å²) in [5.74, 6) is 2.69. The Bertz CT molecular complexity index is 1850. The van der Waals surface area contributed by atoms with Crippen LogP contribution in [-0.4, -0.2) is 47.3 Å². The van der Waals surface area contributed by atoms with E-state index >= 15 is 0 Å². The summed E-state index contributed by atoms with van der Waals surface area (Å²) in [7, 11) is 1.55. The van der Waals surface area contributed by atoms with Crippen LogP contribution in [0.1, 0.15) is 44.6 Å². The molecule has 1 unspecified atom stereocenters. The van der Waals surface area contributed by atoms with E-state index in [1.807, 2.05) is 37.3 Å². The number of benzene rings is 3. The van der Waals surface area contributed by atoms with Crippen molar-refractivity contribution in [2.75, 3.05) is 26.0 Å². The molecule has 0 spiro atoms. The molecule has 2 aliphatic heterocycles. The van der Waals surface area contributed by atoms with Gasteiger partial charge < -0.3 is 34.3 Å². The molecule has 2 amide bonds. The molecule has 246 valence electrons. The number of hydrogen-bond donors (Lipinski definition) is 2. The number of carbonyl (C=O) groups is 2. The zero-order chi connectivity index (χ0) is 32.8. The van der Waals surface area contributed by atoms with Gasteiger partial charge in [-0.3, -0.25) is 19.0 Å². The Hall–Kier alpha value is -4.91. The maximum Gasteiger partial charge on any atom is 0.262 e. The van der Waals surface area contributed by atoms with Gasteiger partial charge in [-0.15, -0.1) is 0 Å². The molecule has 0 bridgehead atoms. The molecule has 3 aromatic carbocycles. The number of hydrogen-bond acceptors (Lipinski definition) is 10. The maximum absolute atomic E-state index is 13.8. The van der Waals surface area contributed by atoms with Crippen molar-refractivity contribution in [1.29, 1.82) is 0 Å². The number of nitrogens with zero attached hydrogens (tertiary/aromatic N) is 2. The first-order valence-electron chi connectivity index (χ1n) is 15.5. The van der Waals surface area contributed by atoms with Crippen molar-refractivity contribution in [1.82, 2.24) is 14.9 Å². The van der Waals surface area contributed by atoms with Gasteiger partial charge in [0.2, 0.25) is 25.4 Å². The summed E-state index contributed by atoms with van der Waals surface area (Å²) < 4.78 is 28.8. The van der Waals surface area contributed by atoms with Crippen LogP contribution in [0.5, 0.6) is 28.7 Å². The smallest absolute Gasteiger partial charge is 0.262 e. The molecule has 1 aromatic heterocycles. The van der Waals surface area contributed by atoms with E-state index in [9.17, 15) is 14.4 Å². The number of carbonyl (C=O) groups excluding carboxylic acids is 2. The number of ether oxygens (including phenoxy) is 5. The van der Waals surface area contributed by atoms with E-state index in [1.54, 1.807) is 35.9 Å². The zero-order valence-corrected chi connectivity index (χ0v) is 27.0. The summed E-state index contributed by atoms with van der Waals surface area (Å²) in [6.45, 7) is 2.97. The van der Waals surface area contributed by atoms with Crippen LogP contribution in [0.15, 0.2) is 64.5 Å². The number of fused-ring (bicyclic) bond motifs is 3. The van der Waals surface area contributed by atoms with Crippen molar-refractivity contribution >= 4 is 40.2 Å². The Morgan fingerprint density at radius 1 is 0.957 bits per heavy atom. The van der Waals surface area contributed by atoms with Gasteiger partial charge in [0, 0.05) is 25.6 Å². The summed E-state index contributed by atoms with van der Waals surface area (Å²) in [5, 5.41) is 6.22. The van der Waals surface area contributed by atoms with E-state index in [4.69, 9.17) is 28.7 Å². The number of thioether (sulfide) groups is 1.